The second-order valence-corrected chi connectivity index (χ2v) is 10.0. The van der Waals surface area contributed by atoms with Crippen LogP contribution in [0.4, 0.5) is 26.3 Å². The van der Waals surface area contributed by atoms with Crippen molar-refractivity contribution in [2.24, 2.45) is 5.73 Å². The number of primary amides is 1. The monoisotopic (exact) mass is 678 g/mol. The van der Waals surface area contributed by atoms with Crippen molar-refractivity contribution >= 4 is 48.4 Å². The molecule has 0 saturated heterocycles. The summed E-state index contributed by atoms with van der Waals surface area (Å²) in [5.41, 5.74) is 2.57. The molecule has 0 fully saturated rings. The van der Waals surface area contributed by atoms with Gasteiger partial charge in [0.1, 0.15) is 12.1 Å². The molecule has 23 heteroatoms. The Hall–Kier alpha value is -3.33. The SMILES string of the molecule is NC(=O)c1nc(Cn2nc(-c3ccc(Cl)cc3)n(C[C@H](OP(=O)([O-])[O-])C(F)(F)F)c2=O)nn1-c1ncccc1C(F)(F)F.[Mg+2]. The van der Waals surface area contributed by atoms with Crippen molar-refractivity contribution < 1.29 is 50.0 Å². The Balaban J connectivity index is 0.00000529. The minimum absolute atomic E-state index is 0. The van der Waals surface area contributed by atoms with Crippen molar-refractivity contribution in [3.8, 4) is 17.2 Å². The number of amides is 1. The van der Waals surface area contributed by atoms with Gasteiger partial charge in [0.05, 0.1) is 14.4 Å². The van der Waals surface area contributed by atoms with Crippen molar-refractivity contribution in [1.82, 2.24) is 34.1 Å². The zero-order chi connectivity index (χ0) is 31.9. The number of phosphoric acid groups is 1. The minimum atomic E-state index is -6.20. The van der Waals surface area contributed by atoms with Gasteiger partial charge in [-0.3, -0.25) is 9.36 Å². The molecule has 0 bridgehead atoms. The van der Waals surface area contributed by atoms with E-state index >= 15 is 0 Å². The van der Waals surface area contributed by atoms with Gasteiger partial charge in [-0.15, -0.1) is 10.2 Å². The fraction of sp³-hybridized carbons (Fsp3) is 0.238. The number of nitrogens with two attached hydrogens (primary N) is 1. The first-order chi connectivity index (χ1) is 19.8. The molecule has 1 aromatic carbocycles. The van der Waals surface area contributed by atoms with Crippen LogP contribution >= 0.6 is 19.4 Å². The maximum atomic E-state index is 13.6. The Morgan fingerprint density at radius 3 is 2.27 bits per heavy atom. The average molecular weight is 679 g/mol. The number of aromatic nitrogens is 7. The van der Waals surface area contributed by atoms with Crippen LogP contribution in [0.25, 0.3) is 17.2 Å². The molecule has 44 heavy (non-hydrogen) atoms. The summed E-state index contributed by atoms with van der Waals surface area (Å²) in [6.45, 7) is -2.40. The Bertz CT molecular complexity index is 1770. The van der Waals surface area contributed by atoms with Crippen molar-refractivity contribution in [3.63, 3.8) is 0 Å². The Morgan fingerprint density at radius 1 is 1.09 bits per heavy atom. The van der Waals surface area contributed by atoms with E-state index in [-0.39, 0.29) is 33.6 Å². The van der Waals surface area contributed by atoms with Gasteiger partial charge in [0.2, 0.25) is 5.82 Å². The summed E-state index contributed by atoms with van der Waals surface area (Å²) in [5, 5.41) is 7.89. The van der Waals surface area contributed by atoms with Gasteiger partial charge < -0.3 is 24.6 Å². The van der Waals surface area contributed by atoms with Gasteiger partial charge in [-0.05, 0) is 36.4 Å². The molecule has 0 spiro atoms. The molecule has 0 unspecified atom stereocenters. The second-order valence-electron chi connectivity index (χ2n) is 8.46. The third-order valence-electron chi connectivity index (χ3n) is 5.45. The Labute approximate surface area is 261 Å². The summed E-state index contributed by atoms with van der Waals surface area (Å²) < 4.78 is 97.2. The summed E-state index contributed by atoms with van der Waals surface area (Å²) in [5.74, 6) is -4.12. The van der Waals surface area contributed by atoms with Gasteiger partial charge in [0.25, 0.3) is 5.91 Å². The molecule has 3 heterocycles. The summed E-state index contributed by atoms with van der Waals surface area (Å²) in [4.78, 5) is 54.5. The fourth-order valence-corrected chi connectivity index (χ4v) is 4.31. The van der Waals surface area contributed by atoms with Crippen LogP contribution in [-0.4, -0.2) is 75.3 Å². The molecule has 14 nitrogen and oxygen atoms in total. The predicted octanol–water partition coefficient (Wildman–Crippen LogP) is 0.902. The molecule has 1 amide bonds. The molecule has 0 aliphatic carbocycles. The molecule has 230 valence electrons. The summed E-state index contributed by atoms with van der Waals surface area (Å²) >= 11 is 5.84. The number of nitrogens with zero attached hydrogens (tertiary/aromatic N) is 7. The van der Waals surface area contributed by atoms with E-state index in [1.54, 1.807) is 0 Å². The van der Waals surface area contributed by atoms with E-state index in [1.165, 1.54) is 24.3 Å². The van der Waals surface area contributed by atoms with E-state index in [0.717, 1.165) is 12.3 Å². The van der Waals surface area contributed by atoms with Crippen LogP contribution < -0.4 is 21.2 Å². The Kier molecular flexibility index (Phi) is 10.3. The van der Waals surface area contributed by atoms with Gasteiger partial charge in [0.15, 0.2) is 23.6 Å². The summed E-state index contributed by atoms with van der Waals surface area (Å²) in [6, 6.07) is 6.69. The van der Waals surface area contributed by atoms with Crippen LogP contribution in [0.3, 0.4) is 0 Å². The number of hydrogen-bond acceptors (Lipinski definition) is 10. The molecule has 2 N–H and O–H groups in total. The topological polar surface area (TPSA) is 199 Å². The van der Waals surface area contributed by atoms with Gasteiger partial charge in [0, 0.05) is 16.8 Å². The van der Waals surface area contributed by atoms with Crippen LogP contribution in [0, 0.1) is 0 Å². The van der Waals surface area contributed by atoms with Crippen LogP contribution in [0.2, 0.25) is 5.02 Å². The van der Waals surface area contributed by atoms with E-state index in [4.69, 9.17) is 17.3 Å². The first-order valence-corrected chi connectivity index (χ1v) is 13.2. The zero-order valence-electron chi connectivity index (χ0n) is 21.5. The first-order valence-electron chi connectivity index (χ1n) is 11.3. The third-order valence-corrected chi connectivity index (χ3v) is 6.22. The standard InChI is InChI=1S/C21H16ClF6N8O6P.Mg/c22-11-5-3-10(4-6-11)16-33-35(19(38)34(16)8-13(21(26,27)28)42-43(39,40)41)9-14-31-18(15(29)37)36(32-14)17-12(20(23,24)25)2-1-7-30-17;/h1-7,13H,8-9H2,(H2,29,37)(H2,39,40,41);/q;+2/p-2/t13-;/m0./s1. The van der Waals surface area contributed by atoms with Crippen LogP contribution in [-0.2, 0) is 28.4 Å². The van der Waals surface area contributed by atoms with Gasteiger partial charge in [-0.25, -0.2) is 19.4 Å². The minimum Gasteiger partial charge on any atom is -0.790 e. The van der Waals surface area contributed by atoms with Crippen LogP contribution in [0.5, 0.6) is 0 Å². The van der Waals surface area contributed by atoms with Crippen molar-refractivity contribution in [2.45, 2.75) is 31.5 Å². The number of pyridine rings is 1. The van der Waals surface area contributed by atoms with Crippen LogP contribution in [0.15, 0.2) is 47.4 Å². The number of alkyl halides is 6. The molecule has 0 aliphatic heterocycles. The number of rotatable bonds is 9. The summed E-state index contributed by atoms with van der Waals surface area (Å²) in [7, 11) is -6.20. The molecule has 0 saturated carbocycles. The van der Waals surface area contributed by atoms with Gasteiger partial charge in [-0.2, -0.15) is 31.0 Å². The fourth-order valence-electron chi connectivity index (χ4n) is 3.69. The molecule has 0 radical (unpaired) electrons. The van der Waals surface area contributed by atoms with Gasteiger partial charge in [-0.1, -0.05) is 11.6 Å². The molecule has 0 aliphatic rings. The quantitative estimate of drug-likeness (QED) is 0.151. The largest absolute Gasteiger partial charge is 2.00 e. The maximum Gasteiger partial charge on any atom is 2.00 e. The maximum absolute atomic E-state index is 13.6. The van der Waals surface area contributed by atoms with E-state index < -0.39 is 79.8 Å². The van der Waals surface area contributed by atoms with E-state index in [0.29, 0.717) is 20.0 Å². The van der Waals surface area contributed by atoms with Crippen LogP contribution in [0.1, 0.15) is 22.0 Å². The summed E-state index contributed by atoms with van der Waals surface area (Å²) in [6.07, 6.45) is -12.7. The number of carbonyl (C=O) groups excluding carboxylic acids is 1. The van der Waals surface area contributed by atoms with Crippen molar-refractivity contribution in [1.29, 1.82) is 0 Å². The molecule has 4 aromatic rings. The number of phosphoric ester groups is 1. The zero-order valence-corrected chi connectivity index (χ0v) is 24.6. The molecule has 1 atom stereocenters. The van der Waals surface area contributed by atoms with Crippen molar-refractivity contribution in [2.75, 3.05) is 0 Å². The number of carbonyl (C=O) groups is 1. The molecule has 3 aromatic heterocycles. The molecular weight excluding hydrogens is 665 g/mol. The van der Waals surface area contributed by atoms with Gasteiger partial charge >= 0.3 is 41.1 Å². The average Bonchev–Trinajstić information content (AvgIpc) is 3.44. The van der Waals surface area contributed by atoms with E-state index in [1.807, 2.05) is 0 Å². The molecular formula is C21H14ClF6MgN8O6P. The smallest absolute Gasteiger partial charge is 0.790 e. The number of halogens is 7. The normalized spacial score (nSPS) is 13.0. The number of benzene rings is 1. The van der Waals surface area contributed by atoms with E-state index in [2.05, 4.69) is 24.7 Å². The third kappa shape index (κ3) is 8.03. The van der Waals surface area contributed by atoms with E-state index in [9.17, 15) is 50.3 Å². The number of hydrogen-bond donors (Lipinski definition) is 1. The first kappa shape index (κ1) is 35.1. The second kappa shape index (κ2) is 13.0. The van der Waals surface area contributed by atoms with Crippen molar-refractivity contribution in [3.05, 3.63) is 75.3 Å². The molecule has 4 rings (SSSR count). The predicted molar refractivity (Wildman–Crippen MR) is 133 cm³/mol. The Morgan fingerprint density at radius 2 is 1.73 bits per heavy atom.